The van der Waals surface area contributed by atoms with E-state index in [1.165, 1.54) is 6.07 Å². The SMILES string of the molecule is CCOc1ccc(C(=O)NC(=S)Nc2cccc(NC(=O)c3ccc(C(C)(C)C)cc3)c2)cc1Cl. The maximum Gasteiger partial charge on any atom is 0.257 e. The van der Waals surface area contributed by atoms with Gasteiger partial charge in [-0.15, -0.1) is 0 Å². The van der Waals surface area contributed by atoms with Gasteiger partial charge in [0.15, 0.2) is 5.11 Å². The highest BCUT2D eigenvalue weighted by Gasteiger charge is 2.15. The summed E-state index contributed by atoms with van der Waals surface area (Å²) < 4.78 is 5.39. The Morgan fingerprint density at radius 2 is 1.51 bits per heavy atom. The molecule has 3 N–H and O–H groups in total. The van der Waals surface area contributed by atoms with Crippen molar-refractivity contribution in [1.29, 1.82) is 0 Å². The maximum absolute atomic E-state index is 12.7. The molecule has 2 amide bonds. The molecule has 3 rings (SSSR count). The summed E-state index contributed by atoms with van der Waals surface area (Å²) in [6.07, 6.45) is 0. The first kappa shape index (κ1) is 26.2. The Morgan fingerprint density at radius 1 is 0.886 bits per heavy atom. The molecule has 0 spiro atoms. The van der Waals surface area contributed by atoms with Crippen molar-refractivity contribution in [2.24, 2.45) is 0 Å². The van der Waals surface area contributed by atoms with Crippen LogP contribution in [0.25, 0.3) is 0 Å². The molecule has 0 saturated carbocycles. The highest BCUT2D eigenvalue weighted by molar-refractivity contribution is 7.80. The zero-order valence-corrected chi connectivity index (χ0v) is 21.6. The van der Waals surface area contributed by atoms with Crippen LogP contribution in [0.5, 0.6) is 5.75 Å². The third-order valence-corrected chi connectivity index (χ3v) is 5.61. The van der Waals surface area contributed by atoms with Gasteiger partial charge in [-0.2, -0.15) is 0 Å². The molecule has 35 heavy (non-hydrogen) atoms. The van der Waals surface area contributed by atoms with Gasteiger partial charge < -0.3 is 15.4 Å². The molecule has 6 nitrogen and oxygen atoms in total. The molecule has 0 atom stereocenters. The summed E-state index contributed by atoms with van der Waals surface area (Å²) in [5, 5.41) is 8.92. The molecule has 8 heteroatoms. The molecular weight excluding hydrogens is 482 g/mol. The van der Waals surface area contributed by atoms with E-state index < -0.39 is 5.91 Å². The monoisotopic (exact) mass is 509 g/mol. The van der Waals surface area contributed by atoms with E-state index in [4.69, 9.17) is 28.6 Å². The van der Waals surface area contributed by atoms with Crippen LogP contribution in [0.2, 0.25) is 5.02 Å². The van der Waals surface area contributed by atoms with Crippen molar-refractivity contribution in [3.8, 4) is 5.75 Å². The Morgan fingerprint density at radius 3 is 2.11 bits per heavy atom. The largest absolute Gasteiger partial charge is 0.492 e. The summed E-state index contributed by atoms with van der Waals surface area (Å²) in [5.74, 6) is -0.114. The molecule has 0 aromatic heterocycles. The third kappa shape index (κ3) is 7.28. The van der Waals surface area contributed by atoms with Gasteiger partial charge in [-0.1, -0.05) is 50.6 Å². The lowest BCUT2D eigenvalue weighted by molar-refractivity contribution is 0.0976. The van der Waals surface area contributed by atoms with Crippen LogP contribution in [-0.2, 0) is 5.41 Å². The number of nitrogens with one attached hydrogen (secondary N) is 3. The standard InChI is InChI=1S/C27H28ClN3O3S/c1-5-34-23-14-11-18(15-22(23)28)25(33)31-26(35)30-21-8-6-7-20(16-21)29-24(32)17-9-12-19(13-10-17)27(2,3)4/h6-16H,5H2,1-4H3,(H,29,32)(H2,30,31,33,35). The fraction of sp³-hybridized carbons (Fsp3) is 0.222. The predicted octanol–water partition coefficient (Wildman–Crippen LogP) is 6.42. The minimum Gasteiger partial charge on any atom is -0.492 e. The lowest BCUT2D eigenvalue weighted by Crippen LogP contribution is -2.34. The van der Waals surface area contributed by atoms with E-state index in [1.807, 2.05) is 31.2 Å². The number of ether oxygens (including phenoxy) is 1. The van der Waals surface area contributed by atoms with Crippen LogP contribution in [0.1, 0.15) is 54.0 Å². The number of benzene rings is 3. The van der Waals surface area contributed by atoms with Gasteiger partial charge in [-0.3, -0.25) is 14.9 Å². The molecule has 0 saturated heterocycles. The fourth-order valence-corrected chi connectivity index (χ4v) is 3.70. The second-order valence-electron chi connectivity index (χ2n) is 8.85. The summed E-state index contributed by atoms with van der Waals surface area (Å²) in [6.45, 7) is 8.70. The third-order valence-electron chi connectivity index (χ3n) is 5.11. The Labute approximate surface area is 216 Å². The van der Waals surface area contributed by atoms with Crippen molar-refractivity contribution in [3.05, 3.63) is 88.4 Å². The molecular formula is C27H28ClN3O3S. The molecule has 0 heterocycles. The Bertz CT molecular complexity index is 1240. The quantitative estimate of drug-likeness (QED) is 0.334. The van der Waals surface area contributed by atoms with Crippen LogP contribution in [0.4, 0.5) is 11.4 Å². The molecule has 3 aromatic rings. The smallest absolute Gasteiger partial charge is 0.257 e. The topological polar surface area (TPSA) is 79.5 Å². The molecule has 0 unspecified atom stereocenters. The van der Waals surface area contributed by atoms with Crippen LogP contribution < -0.4 is 20.7 Å². The Kier molecular flexibility index (Phi) is 8.48. The van der Waals surface area contributed by atoms with E-state index in [-0.39, 0.29) is 16.4 Å². The number of hydrogen-bond donors (Lipinski definition) is 3. The predicted molar refractivity (Wildman–Crippen MR) is 146 cm³/mol. The van der Waals surface area contributed by atoms with Gasteiger partial charge in [-0.05, 0) is 78.7 Å². The van der Waals surface area contributed by atoms with Gasteiger partial charge in [0.25, 0.3) is 11.8 Å². The molecule has 0 aliphatic heterocycles. The van der Waals surface area contributed by atoms with Crippen LogP contribution >= 0.6 is 23.8 Å². The van der Waals surface area contributed by atoms with Crippen LogP contribution in [0.15, 0.2) is 66.7 Å². The summed E-state index contributed by atoms with van der Waals surface area (Å²) in [5.41, 5.74) is 3.29. The molecule has 182 valence electrons. The first-order chi connectivity index (χ1) is 16.6. The number of halogens is 1. The van der Waals surface area contributed by atoms with E-state index in [0.717, 1.165) is 5.56 Å². The van der Waals surface area contributed by atoms with Crippen molar-refractivity contribution in [3.63, 3.8) is 0 Å². The first-order valence-corrected chi connectivity index (χ1v) is 11.9. The fourth-order valence-electron chi connectivity index (χ4n) is 3.25. The van der Waals surface area contributed by atoms with Gasteiger partial charge in [0.2, 0.25) is 0 Å². The zero-order chi connectivity index (χ0) is 25.6. The van der Waals surface area contributed by atoms with Crippen LogP contribution in [0, 0.1) is 0 Å². The highest BCUT2D eigenvalue weighted by Crippen LogP contribution is 2.26. The van der Waals surface area contributed by atoms with Gasteiger partial charge in [0.1, 0.15) is 5.75 Å². The summed E-state index contributed by atoms with van der Waals surface area (Å²) in [4.78, 5) is 25.2. The van der Waals surface area contributed by atoms with Crippen LogP contribution in [0.3, 0.4) is 0 Å². The molecule has 3 aromatic carbocycles. The molecule has 0 radical (unpaired) electrons. The van der Waals surface area contributed by atoms with Gasteiger partial charge in [0, 0.05) is 22.5 Å². The van der Waals surface area contributed by atoms with Crippen molar-refractivity contribution < 1.29 is 14.3 Å². The summed E-state index contributed by atoms with van der Waals surface area (Å²) >= 11 is 11.4. The van der Waals surface area contributed by atoms with Crippen molar-refractivity contribution in [2.75, 3.05) is 17.2 Å². The van der Waals surface area contributed by atoms with E-state index in [0.29, 0.717) is 39.9 Å². The highest BCUT2D eigenvalue weighted by atomic mass is 35.5. The molecule has 0 fully saturated rings. The van der Waals surface area contributed by atoms with E-state index >= 15 is 0 Å². The van der Waals surface area contributed by atoms with Crippen molar-refractivity contribution in [2.45, 2.75) is 33.1 Å². The van der Waals surface area contributed by atoms with Gasteiger partial charge >= 0.3 is 0 Å². The van der Waals surface area contributed by atoms with E-state index in [1.54, 1.807) is 36.4 Å². The van der Waals surface area contributed by atoms with Gasteiger partial charge in [-0.25, -0.2) is 0 Å². The first-order valence-electron chi connectivity index (χ1n) is 11.1. The second-order valence-corrected chi connectivity index (χ2v) is 9.66. The number of hydrogen-bond acceptors (Lipinski definition) is 4. The Balaban J connectivity index is 1.60. The average molecular weight is 510 g/mol. The number of thiocarbonyl (C=S) groups is 1. The number of anilines is 2. The average Bonchev–Trinajstić information content (AvgIpc) is 2.80. The number of carbonyl (C=O) groups is 2. The second kappa shape index (κ2) is 11.3. The van der Waals surface area contributed by atoms with E-state index in [9.17, 15) is 9.59 Å². The zero-order valence-electron chi connectivity index (χ0n) is 20.1. The minimum absolute atomic E-state index is 0.0159. The molecule has 0 aliphatic rings. The molecule has 0 aliphatic carbocycles. The number of rotatable bonds is 6. The summed E-state index contributed by atoms with van der Waals surface area (Å²) in [6, 6.07) is 19.4. The summed E-state index contributed by atoms with van der Waals surface area (Å²) in [7, 11) is 0. The lowest BCUT2D eigenvalue weighted by Gasteiger charge is -2.19. The maximum atomic E-state index is 12.7. The van der Waals surface area contributed by atoms with Crippen LogP contribution in [-0.4, -0.2) is 23.5 Å². The molecule has 0 bridgehead atoms. The van der Waals surface area contributed by atoms with Crippen molar-refractivity contribution >= 4 is 52.1 Å². The Hall–Kier alpha value is -3.42. The normalized spacial score (nSPS) is 10.9. The van der Waals surface area contributed by atoms with E-state index in [2.05, 4.69) is 36.7 Å². The lowest BCUT2D eigenvalue weighted by atomic mass is 9.87. The number of carbonyl (C=O) groups excluding carboxylic acids is 2. The van der Waals surface area contributed by atoms with Gasteiger partial charge in [0.05, 0.1) is 11.6 Å². The van der Waals surface area contributed by atoms with Crippen molar-refractivity contribution in [1.82, 2.24) is 5.32 Å². The minimum atomic E-state index is -0.407. The number of amides is 2.